The van der Waals surface area contributed by atoms with Gasteiger partial charge in [0.2, 0.25) is 15.9 Å². The van der Waals surface area contributed by atoms with Crippen LogP contribution in [0.3, 0.4) is 0 Å². The highest BCUT2D eigenvalue weighted by Crippen LogP contribution is 2.34. The minimum absolute atomic E-state index is 0.0752. The first-order chi connectivity index (χ1) is 20.8. The molecule has 1 saturated heterocycles. The Hall–Kier alpha value is -3.43. The zero-order chi connectivity index (χ0) is 29.8. The minimum Gasteiger partial charge on any atom is -0.493 e. The van der Waals surface area contributed by atoms with Gasteiger partial charge in [0.05, 0.1) is 23.6 Å². The third-order valence-corrected chi connectivity index (χ3v) is 10.0. The van der Waals surface area contributed by atoms with E-state index in [2.05, 4.69) is 33.1 Å². The summed E-state index contributed by atoms with van der Waals surface area (Å²) in [5.41, 5.74) is 2.80. The van der Waals surface area contributed by atoms with Crippen molar-refractivity contribution in [2.24, 2.45) is 0 Å². The molecule has 0 radical (unpaired) electrons. The molecule has 0 aromatic heterocycles. The van der Waals surface area contributed by atoms with Crippen LogP contribution in [0.5, 0.6) is 5.75 Å². The van der Waals surface area contributed by atoms with Gasteiger partial charge < -0.3 is 10.1 Å². The highest BCUT2D eigenvalue weighted by atomic mass is 35.5. The van der Waals surface area contributed by atoms with Crippen molar-refractivity contribution >= 4 is 38.3 Å². The van der Waals surface area contributed by atoms with Crippen LogP contribution in [0.2, 0.25) is 5.02 Å². The van der Waals surface area contributed by atoms with E-state index in [1.54, 1.807) is 42.5 Å². The molecule has 1 fully saturated rings. The van der Waals surface area contributed by atoms with Crippen molar-refractivity contribution in [3.63, 3.8) is 0 Å². The van der Waals surface area contributed by atoms with Gasteiger partial charge in [-0.2, -0.15) is 0 Å². The Bertz CT molecular complexity index is 1700. The molecule has 224 valence electrons. The Kier molecular flexibility index (Phi) is 9.00. The minimum atomic E-state index is -3.94. The standard InChI is InChI=1S/C34H36ClN3O4S/c35-28-12-9-26(10-13-28)32(37-43(40,41)29-14-11-25-6-2-3-7-27(25)21-29)22-34(39)36-31-16-19-42-33-20-24(8-15-30(31)33)23-38-17-4-1-5-18-38/h2-3,6-15,20-21,31-32,37H,1,4-5,16-19,22-23H2,(H,36,39). The summed E-state index contributed by atoms with van der Waals surface area (Å²) < 4.78 is 35.9. The number of rotatable bonds is 9. The molecule has 2 aliphatic heterocycles. The van der Waals surface area contributed by atoms with Crippen LogP contribution in [0.1, 0.15) is 60.9 Å². The number of carbonyl (C=O) groups is 1. The van der Waals surface area contributed by atoms with Crippen LogP contribution in [0, 0.1) is 0 Å². The molecule has 2 heterocycles. The van der Waals surface area contributed by atoms with Crippen LogP contribution in [-0.4, -0.2) is 38.9 Å². The van der Waals surface area contributed by atoms with Crippen molar-refractivity contribution in [2.75, 3.05) is 19.7 Å². The second kappa shape index (κ2) is 13.1. The maximum atomic E-state index is 13.5. The Morgan fingerprint density at radius 1 is 0.930 bits per heavy atom. The molecular weight excluding hydrogens is 582 g/mol. The fourth-order valence-electron chi connectivity index (χ4n) is 6.01. The highest BCUT2D eigenvalue weighted by molar-refractivity contribution is 7.89. The molecule has 1 amide bonds. The average molecular weight is 618 g/mol. The number of benzene rings is 4. The number of halogens is 1. The van der Waals surface area contributed by atoms with Crippen molar-refractivity contribution in [1.82, 2.24) is 14.9 Å². The zero-order valence-corrected chi connectivity index (χ0v) is 25.5. The van der Waals surface area contributed by atoms with Gasteiger partial charge in [0.25, 0.3) is 0 Å². The first-order valence-electron chi connectivity index (χ1n) is 14.9. The number of fused-ring (bicyclic) bond motifs is 2. The van der Waals surface area contributed by atoms with Crippen LogP contribution in [0.25, 0.3) is 10.8 Å². The number of nitrogens with one attached hydrogen (secondary N) is 2. The van der Waals surface area contributed by atoms with Crippen LogP contribution in [0.15, 0.2) is 89.8 Å². The van der Waals surface area contributed by atoms with Crippen LogP contribution in [0.4, 0.5) is 0 Å². The number of nitrogens with zero attached hydrogens (tertiary/aromatic N) is 1. The Morgan fingerprint density at radius 3 is 2.49 bits per heavy atom. The van der Waals surface area contributed by atoms with E-state index in [0.717, 1.165) is 41.7 Å². The number of ether oxygens (including phenoxy) is 1. The van der Waals surface area contributed by atoms with Gasteiger partial charge in [0.15, 0.2) is 0 Å². The smallest absolute Gasteiger partial charge is 0.241 e. The molecule has 0 bridgehead atoms. The molecule has 7 nitrogen and oxygen atoms in total. The van der Waals surface area contributed by atoms with Crippen molar-refractivity contribution in [2.45, 2.75) is 55.6 Å². The second-order valence-electron chi connectivity index (χ2n) is 11.4. The van der Waals surface area contributed by atoms with Gasteiger partial charge >= 0.3 is 0 Å². The lowest BCUT2D eigenvalue weighted by molar-refractivity contribution is -0.122. The number of carbonyl (C=O) groups excluding carboxylic acids is 1. The van der Waals surface area contributed by atoms with Gasteiger partial charge in [-0.15, -0.1) is 0 Å². The summed E-state index contributed by atoms with van der Waals surface area (Å²) in [5, 5.41) is 5.45. The number of amides is 1. The lowest BCUT2D eigenvalue weighted by Crippen LogP contribution is -2.36. The van der Waals surface area contributed by atoms with E-state index in [9.17, 15) is 13.2 Å². The van der Waals surface area contributed by atoms with Crippen molar-refractivity contribution in [3.05, 3.63) is 107 Å². The Balaban J connectivity index is 1.18. The first-order valence-corrected chi connectivity index (χ1v) is 16.7. The van der Waals surface area contributed by atoms with E-state index in [0.29, 0.717) is 23.6 Å². The molecule has 0 saturated carbocycles. The van der Waals surface area contributed by atoms with Gasteiger partial charge in [-0.1, -0.05) is 72.6 Å². The van der Waals surface area contributed by atoms with Gasteiger partial charge in [-0.05, 0) is 78.2 Å². The molecule has 0 aliphatic carbocycles. The van der Waals surface area contributed by atoms with Crippen LogP contribution < -0.4 is 14.8 Å². The third kappa shape index (κ3) is 7.21. The van der Waals surface area contributed by atoms with E-state index in [4.69, 9.17) is 16.3 Å². The predicted molar refractivity (Wildman–Crippen MR) is 170 cm³/mol. The summed E-state index contributed by atoms with van der Waals surface area (Å²) in [6.07, 6.45) is 4.34. The van der Waals surface area contributed by atoms with Crippen molar-refractivity contribution in [1.29, 1.82) is 0 Å². The fourth-order valence-corrected chi connectivity index (χ4v) is 7.39. The number of piperidine rings is 1. The molecular formula is C34H36ClN3O4S. The van der Waals surface area contributed by atoms with Crippen LogP contribution in [-0.2, 0) is 21.4 Å². The summed E-state index contributed by atoms with van der Waals surface area (Å²) in [4.78, 5) is 16.1. The summed E-state index contributed by atoms with van der Waals surface area (Å²) in [6, 6.07) is 24.8. The van der Waals surface area contributed by atoms with E-state index >= 15 is 0 Å². The Morgan fingerprint density at radius 2 is 1.70 bits per heavy atom. The molecule has 6 rings (SSSR count). The third-order valence-electron chi connectivity index (χ3n) is 8.30. The number of likely N-dealkylation sites (tertiary alicyclic amines) is 1. The number of hydrogen-bond acceptors (Lipinski definition) is 5. The molecule has 2 N–H and O–H groups in total. The molecule has 4 aromatic rings. The lowest BCUT2D eigenvalue weighted by Gasteiger charge is -2.29. The van der Waals surface area contributed by atoms with E-state index < -0.39 is 16.1 Å². The molecule has 2 unspecified atom stereocenters. The molecule has 4 aromatic carbocycles. The van der Waals surface area contributed by atoms with Crippen LogP contribution >= 0.6 is 11.6 Å². The lowest BCUT2D eigenvalue weighted by atomic mass is 9.97. The van der Waals surface area contributed by atoms with Crippen molar-refractivity contribution < 1.29 is 17.9 Å². The topological polar surface area (TPSA) is 87.7 Å². The van der Waals surface area contributed by atoms with E-state index in [1.165, 1.54) is 24.8 Å². The predicted octanol–water partition coefficient (Wildman–Crippen LogP) is 6.53. The van der Waals surface area contributed by atoms with E-state index in [1.807, 2.05) is 24.3 Å². The maximum Gasteiger partial charge on any atom is 0.241 e. The molecule has 0 spiro atoms. The number of sulfonamides is 1. The molecule has 2 aliphatic rings. The fraction of sp³-hybridized carbons (Fsp3) is 0.324. The SMILES string of the molecule is O=C(CC(NS(=O)(=O)c1ccc2ccccc2c1)c1ccc(Cl)cc1)NC1CCOc2cc(CN3CCCCC3)ccc21. The normalized spacial score (nSPS) is 18.0. The van der Waals surface area contributed by atoms with Gasteiger partial charge in [-0.25, -0.2) is 13.1 Å². The second-order valence-corrected chi connectivity index (χ2v) is 13.6. The highest BCUT2D eigenvalue weighted by Gasteiger charge is 2.28. The van der Waals surface area contributed by atoms with Gasteiger partial charge in [-0.3, -0.25) is 9.69 Å². The summed E-state index contributed by atoms with van der Waals surface area (Å²) in [6.45, 7) is 3.64. The summed E-state index contributed by atoms with van der Waals surface area (Å²) in [7, 11) is -3.94. The Labute approximate surface area is 258 Å². The van der Waals surface area contributed by atoms with Gasteiger partial charge in [0.1, 0.15) is 5.75 Å². The maximum absolute atomic E-state index is 13.5. The molecule has 43 heavy (non-hydrogen) atoms. The first kappa shape index (κ1) is 29.6. The average Bonchev–Trinajstić information content (AvgIpc) is 3.01. The summed E-state index contributed by atoms with van der Waals surface area (Å²) in [5.74, 6) is 0.550. The number of hydrogen-bond donors (Lipinski definition) is 2. The molecule has 2 atom stereocenters. The van der Waals surface area contributed by atoms with E-state index in [-0.39, 0.29) is 23.3 Å². The summed E-state index contributed by atoms with van der Waals surface area (Å²) >= 11 is 6.12. The molecule has 9 heteroatoms. The quantitative estimate of drug-likeness (QED) is 0.223. The monoisotopic (exact) mass is 617 g/mol. The zero-order valence-electron chi connectivity index (χ0n) is 24.0. The largest absolute Gasteiger partial charge is 0.493 e. The van der Waals surface area contributed by atoms with Gasteiger partial charge in [0, 0.05) is 30.0 Å². The van der Waals surface area contributed by atoms with Crippen molar-refractivity contribution in [3.8, 4) is 5.75 Å².